The Hall–Kier alpha value is -1.08. The Kier molecular flexibility index (Phi) is 3.71. The van der Waals surface area contributed by atoms with Gasteiger partial charge in [0.1, 0.15) is 0 Å². The van der Waals surface area contributed by atoms with Crippen molar-refractivity contribution in [1.82, 2.24) is 0 Å². The molecule has 0 amide bonds. The second-order valence-electron chi connectivity index (χ2n) is 3.25. The van der Waals surface area contributed by atoms with Gasteiger partial charge in [-0.2, -0.15) is 0 Å². The third kappa shape index (κ3) is 2.71. The van der Waals surface area contributed by atoms with E-state index < -0.39 is 0 Å². The van der Waals surface area contributed by atoms with E-state index in [9.17, 15) is 0 Å². The molecule has 0 heterocycles. The minimum absolute atomic E-state index is 0.0318. The molecule has 0 aliphatic rings. The molecule has 0 radical (unpaired) electrons. The smallest absolute Gasteiger partial charge is 0.0478 e. The van der Waals surface area contributed by atoms with Crippen LogP contribution in [0.1, 0.15) is 30.5 Å². The number of hydrogen-bond donors (Lipinski definition) is 1. The summed E-state index contributed by atoms with van der Waals surface area (Å²) in [4.78, 5) is 0. The Balaban J connectivity index is 2.74. The molecule has 1 atom stereocenters. The van der Waals surface area contributed by atoms with Crippen molar-refractivity contribution in [3.63, 3.8) is 0 Å². The number of aryl methyl sites for hydroxylation is 1. The van der Waals surface area contributed by atoms with Crippen LogP contribution in [0.15, 0.2) is 36.9 Å². The van der Waals surface area contributed by atoms with Gasteiger partial charge in [-0.15, -0.1) is 6.58 Å². The van der Waals surface area contributed by atoms with E-state index in [2.05, 4.69) is 37.8 Å². The van der Waals surface area contributed by atoms with Crippen LogP contribution in [0.25, 0.3) is 0 Å². The molecule has 1 rings (SSSR count). The lowest BCUT2D eigenvalue weighted by Gasteiger charge is -2.07. The minimum Gasteiger partial charge on any atom is -0.321 e. The maximum absolute atomic E-state index is 5.80. The molecule has 0 aliphatic carbocycles. The molecule has 2 N–H and O–H groups in total. The third-order valence-corrected chi connectivity index (χ3v) is 2.16. The molecule has 0 spiro atoms. The van der Waals surface area contributed by atoms with Crippen LogP contribution < -0.4 is 5.73 Å². The Bertz CT molecular complexity index is 261. The summed E-state index contributed by atoms with van der Waals surface area (Å²) < 4.78 is 0. The van der Waals surface area contributed by atoms with Gasteiger partial charge in [-0.1, -0.05) is 43.7 Å². The molecule has 0 saturated carbocycles. The first-order valence-corrected chi connectivity index (χ1v) is 4.75. The Labute approximate surface area is 80.3 Å². The van der Waals surface area contributed by atoms with Gasteiger partial charge in [-0.05, 0) is 17.5 Å². The Morgan fingerprint density at radius 1 is 1.38 bits per heavy atom. The first-order valence-electron chi connectivity index (χ1n) is 4.75. The van der Waals surface area contributed by atoms with Crippen molar-refractivity contribution in [2.24, 2.45) is 5.73 Å². The van der Waals surface area contributed by atoms with Crippen molar-refractivity contribution in [3.05, 3.63) is 48.0 Å². The van der Waals surface area contributed by atoms with Crippen molar-refractivity contribution in [1.29, 1.82) is 0 Å². The van der Waals surface area contributed by atoms with Crippen LogP contribution in [-0.2, 0) is 6.42 Å². The summed E-state index contributed by atoms with van der Waals surface area (Å²) in [5.41, 5.74) is 8.31. The zero-order chi connectivity index (χ0) is 9.68. The molecule has 1 aromatic carbocycles. The van der Waals surface area contributed by atoms with Crippen molar-refractivity contribution >= 4 is 0 Å². The average molecular weight is 175 g/mol. The molecule has 0 aliphatic heterocycles. The van der Waals surface area contributed by atoms with Crippen LogP contribution in [0, 0.1) is 0 Å². The van der Waals surface area contributed by atoms with Crippen LogP contribution >= 0.6 is 0 Å². The fourth-order valence-electron chi connectivity index (χ4n) is 1.33. The lowest BCUT2D eigenvalue weighted by atomic mass is 10.0. The van der Waals surface area contributed by atoms with Crippen LogP contribution in [0.5, 0.6) is 0 Å². The molecule has 0 fully saturated rings. The topological polar surface area (TPSA) is 26.0 Å². The maximum Gasteiger partial charge on any atom is 0.0478 e. The van der Waals surface area contributed by atoms with Crippen molar-refractivity contribution in [3.8, 4) is 0 Å². The van der Waals surface area contributed by atoms with Crippen LogP contribution in [0.4, 0.5) is 0 Å². The summed E-state index contributed by atoms with van der Waals surface area (Å²) in [6.45, 7) is 5.85. The lowest BCUT2D eigenvalue weighted by molar-refractivity contribution is 0.897. The van der Waals surface area contributed by atoms with Gasteiger partial charge in [0, 0.05) is 6.04 Å². The highest BCUT2D eigenvalue weighted by molar-refractivity contribution is 5.26. The maximum atomic E-state index is 5.80. The summed E-state index contributed by atoms with van der Waals surface area (Å²) in [6, 6.07) is 8.41. The SMILES string of the molecule is C=CC(N)c1ccc(CCC)cc1. The zero-order valence-corrected chi connectivity index (χ0v) is 8.16. The fraction of sp³-hybridized carbons (Fsp3) is 0.333. The van der Waals surface area contributed by atoms with Gasteiger partial charge >= 0.3 is 0 Å². The van der Waals surface area contributed by atoms with E-state index in [1.54, 1.807) is 6.08 Å². The van der Waals surface area contributed by atoms with Gasteiger partial charge in [0.05, 0.1) is 0 Å². The van der Waals surface area contributed by atoms with Crippen molar-refractivity contribution < 1.29 is 0 Å². The fourth-order valence-corrected chi connectivity index (χ4v) is 1.33. The molecule has 13 heavy (non-hydrogen) atoms. The van der Waals surface area contributed by atoms with Crippen LogP contribution in [-0.4, -0.2) is 0 Å². The van der Waals surface area contributed by atoms with Gasteiger partial charge in [-0.25, -0.2) is 0 Å². The van der Waals surface area contributed by atoms with E-state index in [0.29, 0.717) is 0 Å². The second-order valence-corrected chi connectivity index (χ2v) is 3.25. The number of hydrogen-bond acceptors (Lipinski definition) is 1. The van der Waals surface area contributed by atoms with E-state index in [4.69, 9.17) is 5.73 Å². The summed E-state index contributed by atoms with van der Waals surface area (Å²) >= 11 is 0. The van der Waals surface area contributed by atoms with Crippen LogP contribution in [0.3, 0.4) is 0 Å². The molecular weight excluding hydrogens is 158 g/mol. The Morgan fingerprint density at radius 2 is 2.00 bits per heavy atom. The monoisotopic (exact) mass is 175 g/mol. The normalized spacial score (nSPS) is 12.5. The molecule has 70 valence electrons. The first kappa shape index (κ1) is 10.0. The Morgan fingerprint density at radius 3 is 2.46 bits per heavy atom. The summed E-state index contributed by atoms with van der Waals surface area (Å²) in [6.07, 6.45) is 4.09. The molecule has 1 aromatic rings. The molecule has 1 nitrogen and oxygen atoms in total. The van der Waals surface area contributed by atoms with Gasteiger partial charge < -0.3 is 5.73 Å². The van der Waals surface area contributed by atoms with Gasteiger partial charge in [0.25, 0.3) is 0 Å². The predicted molar refractivity (Wildman–Crippen MR) is 57.6 cm³/mol. The van der Waals surface area contributed by atoms with Crippen molar-refractivity contribution in [2.75, 3.05) is 0 Å². The number of nitrogens with two attached hydrogens (primary N) is 1. The predicted octanol–water partition coefficient (Wildman–Crippen LogP) is 2.82. The lowest BCUT2D eigenvalue weighted by Crippen LogP contribution is -2.06. The van der Waals surface area contributed by atoms with E-state index in [0.717, 1.165) is 12.0 Å². The highest BCUT2D eigenvalue weighted by Gasteiger charge is 1.99. The number of rotatable bonds is 4. The van der Waals surface area contributed by atoms with Gasteiger partial charge in [0.2, 0.25) is 0 Å². The quantitative estimate of drug-likeness (QED) is 0.700. The van der Waals surface area contributed by atoms with E-state index in [1.165, 1.54) is 12.0 Å². The van der Waals surface area contributed by atoms with Crippen molar-refractivity contribution in [2.45, 2.75) is 25.8 Å². The second kappa shape index (κ2) is 4.83. The highest BCUT2D eigenvalue weighted by Crippen LogP contribution is 2.12. The highest BCUT2D eigenvalue weighted by atomic mass is 14.6. The third-order valence-electron chi connectivity index (χ3n) is 2.16. The van der Waals surface area contributed by atoms with Gasteiger partial charge in [0.15, 0.2) is 0 Å². The average Bonchev–Trinajstić information content (AvgIpc) is 2.18. The number of benzene rings is 1. The van der Waals surface area contributed by atoms with E-state index in [1.807, 2.05) is 0 Å². The molecule has 0 saturated heterocycles. The van der Waals surface area contributed by atoms with E-state index >= 15 is 0 Å². The summed E-state index contributed by atoms with van der Waals surface area (Å²) in [5, 5.41) is 0. The minimum atomic E-state index is -0.0318. The molecule has 0 bridgehead atoms. The molecule has 1 heteroatoms. The largest absolute Gasteiger partial charge is 0.321 e. The molecule has 1 unspecified atom stereocenters. The summed E-state index contributed by atoms with van der Waals surface area (Å²) in [5.74, 6) is 0. The standard InChI is InChI=1S/C12H17N/c1-3-5-10-6-8-11(9-7-10)12(13)4-2/h4,6-9,12H,2-3,5,13H2,1H3. The van der Waals surface area contributed by atoms with E-state index in [-0.39, 0.29) is 6.04 Å². The zero-order valence-electron chi connectivity index (χ0n) is 8.16. The molecule has 0 aromatic heterocycles. The summed E-state index contributed by atoms with van der Waals surface area (Å²) in [7, 11) is 0. The van der Waals surface area contributed by atoms with Crippen LogP contribution in [0.2, 0.25) is 0 Å². The molecular formula is C12H17N. The van der Waals surface area contributed by atoms with Gasteiger partial charge in [-0.3, -0.25) is 0 Å². The first-order chi connectivity index (χ1) is 6.27.